The Balaban J connectivity index is 1.53. The number of aromatic nitrogens is 1. The first-order valence-corrected chi connectivity index (χ1v) is 9.53. The highest BCUT2D eigenvalue weighted by Crippen LogP contribution is 2.42. The maximum absolute atomic E-state index is 13.2. The Bertz CT molecular complexity index is 721. The number of carbonyl (C=O) groups is 1. The van der Waals surface area contributed by atoms with Crippen molar-refractivity contribution in [1.82, 2.24) is 9.88 Å². The number of amides is 1. The second-order valence-electron chi connectivity index (χ2n) is 8.04. The minimum Gasteiger partial charge on any atom is -0.354 e. The lowest BCUT2D eigenvalue weighted by Crippen LogP contribution is -2.51. The van der Waals surface area contributed by atoms with E-state index in [1.165, 1.54) is 19.3 Å². The zero-order chi connectivity index (χ0) is 17.4. The average molecular weight is 338 g/mol. The van der Waals surface area contributed by atoms with E-state index in [-0.39, 0.29) is 5.41 Å². The predicted octanol–water partition coefficient (Wildman–Crippen LogP) is 2.88. The molecule has 4 rings (SSSR count). The fraction of sp³-hybridized carbons (Fsp3) is 0.650. The van der Waals surface area contributed by atoms with Gasteiger partial charge >= 0.3 is 0 Å². The van der Waals surface area contributed by atoms with Gasteiger partial charge in [-0.25, -0.2) is 4.98 Å². The number of nitriles is 1. The maximum atomic E-state index is 13.2. The van der Waals surface area contributed by atoms with Crippen LogP contribution in [0.15, 0.2) is 12.1 Å². The summed E-state index contributed by atoms with van der Waals surface area (Å²) in [6.07, 6.45) is 6.83. The van der Waals surface area contributed by atoms with Crippen LogP contribution < -0.4 is 4.90 Å². The summed E-state index contributed by atoms with van der Waals surface area (Å²) in [6.45, 7) is 5.34. The average Bonchev–Trinajstić information content (AvgIpc) is 3.00. The first-order chi connectivity index (χ1) is 12.1. The Kier molecular flexibility index (Phi) is 4.15. The lowest BCUT2D eigenvalue weighted by Gasteiger charge is -2.42. The number of hydrogen-bond acceptors (Lipinski definition) is 4. The summed E-state index contributed by atoms with van der Waals surface area (Å²) in [4.78, 5) is 22.1. The van der Waals surface area contributed by atoms with Crippen molar-refractivity contribution in [3.05, 3.63) is 23.4 Å². The molecule has 0 radical (unpaired) electrons. The SMILES string of the molecule is Cc1ccc(C#N)c(N2CC[C@@]3(CCCN(CC4CCC4)C3=O)C2)n1. The fourth-order valence-corrected chi connectivity index (χ4v) is 4.62. The van der Waals surface area contributed by atoms with Crippen LogP contribution in [0.2, 0.25) is 0 Å². The minimum absolute atomic E-state index is 0.264. The molecule has 0 N–H and O–H groups in total. The molecule has 3 heterocycles. The van der Waals surface area contributed by atoms with Gasteiger partial charge in [0, 0.05) is 31.9 Å². The summed E-state index contributed by atoms with van der Waals surface area (Å²) in [5.74, 6) is 1.82. The molecular formula is C20H26N4O. The Morgan fingerprint density at radius 3 is 2.84 bits per heavy atom. The van der Waals surface area contributed by atoms with Crippen molar-refractivity contribution >= 4 is 11.7 Å². The third kappa shape index (κ3) is 2.88. The smallest absolute Gasteiger partial charge is 0.230 e. The molecule has 1 aliphatic carbocycles. The summed E-state index contributed by atoms with van der Waals surface area (Å²) in [7, 11) is 0. The minimum atomic E-state index is -0.264. The van der Waals surface area contributed by atoms with Crippen molar-refractivity contribution in [2.24, 2.45) is 11.3 Å². The van der Waals surface area contributed by atoms with Crippen molar-refractivity contribution in [2.45, 2.75) is 45.4 Å². The van der Waals surface area contributed by atoms with Gasteiger partial charge in [-0.05, 0) is 57.1 Å². The molecular weight excluding hydrogens is 312 g/mol. The van der Waals surface area contributed by atoms with Crippen LogP contribution in [-0.2, 0) is 4.79 Å². The topological polar surface area (TPSA) is 60.2 Å². The largest absolute Gasteiger partial charge is 0.354 e. The number of pyridine rings is 1. The number of piperidine rings is 1. The molecule has 1 atom stereocenters. The van der Waals surface area contributed by atoms with Gasteiger partial charge in [-0.3, -0.25) is 4.79 Å². The summed E-state index contributed by atoms with van der Waals surface area (Å²) >= 11 is 0. The number of aryl methyl sites for hydroxylation is 1. The van der Waals surface area contributed by atoms with Crippen molar-refractivity contribution in [3.63, 3.8) is 0 Å². The van der Waals surface area contributed by atoms with Crippen LogP contribution in [0.1, 0.15) is 49.8 Å². The molecule has 1 aromatic rings. The van der Waals surface area contributed by atoms with Crippen molar-refractivity contribution in [1.29, 1.82) is 5.26 Å². The van der Waals surface area contributed by atoms with Crippen molar-refractivity contribution in [3.8, 4) is 6.07 Å². The molecule has 1 spiro atoms. The summed E-state index contributed by atoms with van der Waals surface area (Å²) < 4.78 is 0. The number of rotatable bonds is 3. The molecule has 25 heavy (non-hydrogen) atoms. The molecule has 0 unspecified atom stereocenters. The number of anilines is 1. The molecule has 3 fully saturated rings. The van der Waals surface area contributed by atoms with E-state index < -0.39 is 0 Å². The highest BCUT2D eigenvalue weighted by molar-refractivity contribution is 5.85. The van der Waals surface area contributed by atoms with E-state index in [0.29, 0.717) is 18.0 Å². The molecule has 0 aromatic carbocycles. The second-order valence-corrected chi connectivity index (χ2v) is 8.04. The third-order valence-electron chi connectivity index (χ3n) is 6.32. The van der Waals surface area contributed by atoms with Gasteiger partial charge in [0.15, 0.2) is 0 Å². The molecule has 1 amide bonds. The van der Waals surface area contributed by atoms with Crippen LogP contribution in [-0.4, -0.2) is 42.0 Å². The van der Waals surface area contributed by atoms with E-state index in [2.05, 4.69) is 20.9 Å². The molecule has 1 aromatic heterocycles. The Labute approximate surface area is 149 Å². The van der Waals surface area contributed by atoms with Crippen molar-refractivity contribution in [2.75, 3.05) is 31.1 Å². The molecule has 132 valence electrons. The van der Waals surface area contributed by atoms with Crippen LogP contribution in [0.5, 0.6) is 0 Å². The van der Waals surface area contributed by atoms with E-state index in [1.807, 2.05) is 19.1 Å². The monoisotopic (exact) mass is 338 g/mol. The third-order valence-corrected chi connectivity index (χ3v) is 6.32. The zero-order valence-electron chi connectivity index (χ0n) is 15.0. The van der Waals surface area contributed by atoms with Crippen LogP contribution in [0.4, 0.5) is 5.82 Å². The van der Waals surface area contributed by atoms with Gasteiger partial charge in [0.2, 0.25) is 5.91 Å². The molecule has 5 nitrogen and oxygen atoms in total. The number of likely N-dealkylation sites (tertiary alicyclic amines) is 1. The van der Waals surface area contributed by atoms with Gasteiger partial charge in [0.05, 0.1) is 11.0 Å². The fourth-order valence-electron chi connectivity index (χ4n) is 4.62. The standard InChI is InChI=1S/C20H26N4O/c1-15-6-7-17(12-21)18(22-15)24-11-9-20(14-24)8-3-10-23(19(20)25)13-16-4-2-5-16/h6-7,16H,2-5,8-11,13-14H2,1H3/t20-/m0/s1. The quantitative estimate of drug-likeness (QED) is 0.850. The maximum Gasteiger partial charge on any atom is 0.230 e. The van der Waals surface area contributed by atoms with E-state index in [1.54, 1.807) is 0 Å². The van der Waals surface area contributed by atoms with E-state index in [4.69, 9.17) is 0 Å². The van der Waals surface area contributed by atoms with Gasteiger partial charge in [-0.15, -0.1) is 0 Å². The highest BCUT2D eigenvalue weighted by atomic mass is 16.2. The van der Waals surface area contributed by atoms with Gasteiger partial charge in [0.1, 0.15) is 11.9 Å². The lowest BCUT2D eigenvalue weighted by atomic mass is 9.77. The second kappa shape index (κ2) is 6.33. The molecule has 2 aliphatic heterocycles. The molecule has 3 aliphatic rings. The molecule has 0 bridgehead atoms. The summed E-state index contributed by atoms with van der Waals surface area (Å²) in [5.41, 5.74) is 1.26. The first kappa shape index (κ1) is 16.4. The molecule has 1 saturated carbocycles. The Morgan fingerprint density at radius 1 is 1.28 bits per heavy atom. The van der Waals surface area contributed by atoms with Gasteiger partial charge < -0.3 is 9.80 Å². The van der Waals surface area contributed by atoms with Crippen LogP contribution in [0.25, 0.3) is 0 Å². The first-order valence-electron chi connectivity index (χ1n) is 9.53. The normalized spacial score (nSPS) is 26.8. The molecule has 5 heteroatoms. The van der Waals surface area contributed by atoms with E-state index in [0.717, 1.165) is 56.3 Å². The Morgan fingerprint density at radius 2 is 2.12 bits per heavy atom. The lowest BCUT2D eigenvalue weighted by molar-refractivity contribution is -0.146. The molecule has 2 saturated heterocycles. The number of hydrogen-bond donors (Lipinski definition) is 0. The van der Waals surface area contributed by atoms with Crippen LogP contribution in [0, 0.1) is 29.6 Å². The van der Waals surface area contributed by atoms with Crippen molar-refractivity contribution < 1.29 is 4.79 Å². The van der Waals surface area contributed by atoms with Gasteiger partial charge in [0.25, 0.3) is 0 Å². The van der Waals surface area contributed by atoms with Gasteiger partial charge in [-0.1, -0.05) is 6.42 Å². The van der Waals surface area contributed by atoms with E-state index in [9.17, 15) is 10.1 Å². The van der Waals surface area contributed by atoms with Crippen LogP contribution >= 0.6 is 0 Å². The number of carbonyl (C=O) groups excluding carboxylic acids is 1. The summed E-state index contributed by atoms with van der Waals surface area (Å²) in [6, 6.07) is 5.97. The Hall–Kier alpha value is -2.09. The zero-order valence-corrected chi connectivity index (χ0v) is 15.0. The van der Waals surface area contributed by atoms with E-state index >= 15 is 0 Å². The van der Waals surface area contributed by atoms with Gasteiger partial charge in [-0.2, -0.15) is 5.26 Å². The van der Waals surface area contributed by atoms with Crippen LogP contribution in [0.3, 0.4) is 0 Å². The summed E-state index contributed by atoms with van der Waals surface area (Å²) in [5, 5.41) is 9.41. The number of nitrogens with zero attached hydrogens (tertiary/aromatic N) is 4. The predicted molar refractivity (Wildman–Crippen MR) is 96.1 cm³/mol. The highest BCUT2D eigenvalue weighted by Gasteiger charge is 2.49.